The maximum absolute atomic E-state index is 12.0. The Morgan fingerprint density at radius 2 is 1.80 bits per heavy atom. The summed E-state index contributed by atoms with van der Waals surface area (Å²) < 4.78 is 5.12. The van der Waals surface area contributed by atoms with Gasteiger partial charge >= 0.3 is 6.03 Å². The zero-order chi connectivity index (χ0) is 14.5. The minimum Gasteiger partial charge on any atom is -0.497 e. The van der Waals surface area contributed by atoms with Crippen LogP contribution in [0, 0.1) is 13.8 Å². The van der Waals surface area contributed by atoms with E-state index in [1.165, 1.54) is 0 Å². The fourth-order valence-electron chi connectivity index (χ4n) is 1.87. The second kappa shape index (κ2) is 6.10. The summed E-state index contributed by atoms with van der Waals surface area (Å²) in [6, 6.07) is 12.8. The molecule has 2 N–H and O–H groups in total. The van der Waals surface area contributed by atoms with Crippen molar-refractivity contribution < 1.29 is 9.53 Å². The van der Waals surface area contributed by atoms with Crippen LogP contribution in [-0.2, 0) is 0 Å². The van der Waals surface area contributed by atoms with E-state index < -0.39 is 0 Å². The highest BCUT2D eigenvalue weighted by atomic mass is 16.5. The molecule has 0 aliphatic carbocycles. The van der Waals surface area contributed by atoms with Crippen LogP contribution in [0.5, 0.6) is 5.75 Å². The normalized spacial score (nSPS) is 9.95. The number of methoxy groups -OCH3 is 1. The van der Waals surface area contributed by atoms with Crippen LogP contribution in [0.3, 0.4) is 0 Å². The van der Waals surface area contributed by atoms with Crippen molar-refractivity contribution in [2.75, 3.05) is 17.7 Å². The van der Waals surface area contributed by atoms with Crippen molar-refractivity contribution in [2.24, 2.45) is 0 Å². The second-order valence-corrected chi connectivity index (χ2v) is 4.56. The Morgan fingerprint density at radius 3 is 2.55 bits per heavy atom. The number of ether oxygens (including phenoxy) is 1. The number of aryl methyl sites for hydroxylation is 1. The van der Waals surface area contributed by atoms with Crippen LogP contribution < -0.4 is 15.4 Å². The first-order valence-corrected chi connectivity index (χ1v) is 6.38. The van der Waals surface area contributed by atoms with Crippen molar-refractivity contribution >= 4 is 17.4 Å². The lowest BCUT2D eigenvalue weighted by Gasteiger charge is -2.11. The Morgan fingerprint density at radius 1 is 1.05 bits per heavy atom. The summed E-state index contributed by atoms with van der Waals surface area (Å²) in [6.07, 6.45) is 0. The lowest BCUT2D eigenvalue weighted by molar-refractivity contribution is 0.262. The van der Waals surface area contributed by atoms with Gasteiger partial charge in [0, 0.05) is 17.4 Å². The Kier molecular flexibility index (Phi) is 4.25. The Hall–Kier alpha value is -2.49. The van der Waals surface area contributed by atoms with Gasteiger partial charge in [0.05, 0.1) is 7.11 Å². The lowest BCUT2D eigenvalue weighted by atomic mass is 10.1. The SMILES string of the molecule is COc1cccc(NC(=O)Nc2cccc(C)c2C)c1. The molecule has 2 amide bonds. The quantitative estimate of drug-likeness (QED) is 0.887. The summed E-state index contributed by atoms with van der Waals surface area (Å²) >= 11 is 0. The Labute approximate surface area is 118 Å². The summed E-state index contributed by atoms with van der Waals surface area (Å²) in [7, 11) is 1.59. The molecule has 0 heterocycles. The third kappa shape index (κ3) is 3.29. The molecule has 0 bridgehead atoms. The summed E-state index contributed by atoms with van der Waals surface area (Å²) in [5, 5.41) is 5.63. The van der Waals surface area contributed by atoms with Crippen LogP contribution in [-0.4, -0.2) is 13.1 Å². The van der Waals surface area contributed by atoms with Gasteiger partial charge in [-0.15, -0.1) is 0 Å². The zero-order valence-electron chi connectivity index (χ0n) is 11.9. The van der Waals surface area contributed by atoms with Crippen LogP contribution in [0.15, 0.2) is 42.5 Å². The van der Waals surface area contributed by atoms with Gasteiger partial charge in [0.1, 0.15) is 5.75 Å². The van der Waals surface area contributed by atoms with Crippen molar-refractivity contribution in [3.63, 3.8) is 0 Å². The molecular weight excluding hydrogens is 252 g/mol. The van der Waals surface area contributed by atoms with Crippen molar-refractivity contribution in [1.29, 1.82) is 0 Å². The molecule has 0 aliphatic heterocycles. The van der Waals surface area contributed by atoms with Gasteiger partial charge < -0.3 is 15.4 Å². The van der Waals surface area contributed by atoms with Gasteiger partial charge in [-0.05, 0) is 43.2 Å². The third-order valence-electron chi connectivity index (χ3n) is 3.18. The van der Waals surface area contributed by atoms with E-state index in [-0.39, 0.29) is 6.03 Å². The number of carbonyl (C=O) groups is 1. The molecule has 104 valence electrons. The number of carbonyl (C=O) groups excluding carboxylic acids is 1. The average Bonchev–Trinajstić information content (AvgIpc) is 2.44. The molecule has 0 fully saturated rings. The van der Waals surface area contributed by atoms with Crippen LogP contribution >= 0.6 is 0 Å². The number of amides is 2. The van der Waals surface area contributed by atoms with Gasteiger partial charge in [-0.3, -0.25) is 0 Å². The van der Waals surface area contributed by atoms with Gasteiger partial charge in [0.2, 0.25) is 0 Å². The number of benzene rings is 2. The first-order valence-electron chi connectivity index (χ1n) is 6.38. The molecule has 20 heavy (non-hydrogen) atoms. The highest BCUT2D eigenvalue weighted by Crippen LogP contribution is 2.19. The molecular formula is C16H18N2O2. The summed E-state index contributed by atoms with van der Waals surface area (Å²) in [5.41, 5.74) is 3.70. The maximum Gasteiger partial charge on any atom is 0.323 e. The van der Waals surface area contributed by atoms with E-state index >= 15 is 0 Å². The van der Waals surface area contributed by atoms with E-state index in [2.05, 4.69) is 10.6 Å². The van der Waals surface area contributed by atoms with Crippen LogP contribution in [0.1, 0.15) is 11.1 Å². The molecule has 0 saturated heterocycles. The number of rotatable bonds is 3. The van der Waals surface area contributed by atoms with Crippen LogP contribution in [0.4, 0.5) is 16.2 Å². The lowest BCUT2D eigenvalue weighted by Crippen LogP contribution is -2.20. The second-order valence-electron chi connectivity index (χ2n) is 4.56. The standard InChI is InChI=1S/C16H18N2O2/c1-11-6-4-9-15(12(11)2)18-16(19)17-13-7-5-8-14(10-13)20-3/h4-10H,1-3H3,(H2,17,18,19). The van der Waals surface area contributed by atoms with Crippen molar-refractivity contribution in [3.05, 3.63) is 53.6 Å². The highest BCUT2D eigenvalue weighted by Gasteiger charge is 2.06. The fourth-order valence-corrected chi connectivity index (χ4v) is 1.87. The molecule has 0 radical (unpaired) electrons. The minimum atomic E-state index is -0.271. The number of hydrogen-bond acceptors (Lipinski definition) is 2. The molecule has 0 saturated carbocycles. The van der Waals surface area contributed by atoms with Gasteiger partial charge in [-0.1, -0.05) is 18.2 Å². The largest absolute Gasteiger partial charge is 0.497 e. The predicted octanol–water partition coefficient (Wildman–Crippen LogP) is 3.96. The molecule has 4 heteroatoms. The average molecular weight is 270 g/mol. The third-order valence-corrected chi connectivity index (χ3v) is 3.18. The molecule has 0 atom stereocenters. The summed E-state index contributed by atoms with van der Waals surface area (Å²) in [4.78, 5) is 12.0. The number of urea groups is 1. The molecule has 0 unspecified atom stereocenters. The van der Waals surface area contributed by atoms with Crippen molar-refractivity contribution in [3.8, 4) is 5.75 Å². The van der Waals surface area contributed by atoms with Gasteiger partial charge in [0.25, 0.3) is 0 Å². The maximum atomic E-state index is 12.0. The summed E-state index contributed by atoms with van der Waals surface area (Å²) in [5.74, 6) is 0.703. The van der Waals surface area contributed by atoms with Gasteiger partial charge in [0.15, 0.2) is 0 Å². The highest BCUT2D eigenvalue weighted by molar-refractivity contribution is 6.00. The van der Waals surface area contributed by atoms with E-state index in [0.29, 0.717) is 11.4 Å². The number of nitrogens with one attached hydrogen (secondary N) is 2. The molecule has 0 aliphatic rings. The Bertz CT molecular complexity index is 624. The topological polar surface area (TPSA) is 50.4 Å². The van der Waals surface area contributed by atoms with Gasteiger partial charge in [-0.25, -0.2) is 4.79 Å². The van der Waals surface area contributed by atoms with E-state index in [4.69, 9.17) is 4.74 Å². The molecule has 2 aromatic rings. The predicted molar refractivity (Wildman–Crippen MR) is 81.6 cm³/mol. The van der Waals surface area contributed by atoms with Crippen LogP contribution in [0.25, 0.3) is 0 Å². The van der Waals surface area contributed by atoms with E-state index in [0.717, 1.165) is 16.8 Å². The molecule has 0 spiro atoms. The number of anilines is 2. The molecule has 2 aromatic carbocycles. The zero-order valence-corrected chi connectivity index (χ0v) is 11.9. The fraction of sp³-hybridized carbons (Fsp3) is 0.188. The number of hydrogen-bond donors (Lipinski definition) is 2. The van der Waals surface area contributed by atoms with E-state index in [9.17, 15) is 4.79 Å². The summed E-state index contributed by atoms with van der Waals surface area (Å²) in [6.45, 7) is 4.00. The molecule has 2 rings (SSSR count). The van der Waals surface area contributed by atoms with Crippen molar-refractivity contribution in [2.45, 2.75) is 13.8 Å². The van der Waals surface area contributed by atoms with Crippen LogP contribution in [0.2, 0.25) is 0 Å². The minimum absolute atomic E-state index is 0.271. The van der Waals surface area contributed by atoms with E-state index in [1.807, 2.05) is 50.2 Å². The van der Waals surface area contributed by atoms with E-state index in [1.54, 1.807) is 13.2 Å². The van der Waals surface area contributed by atoms with Gasteiger partial charge in [-0.2, -0.15) is 0 Å². The first kappa shape index (κ1) is 13.9. The Balaban J connectivity index is 2.07. The molecule has 0 aromatic heterocycles. The van der Waals surface area contributed by atoms with Crippen molar-refractivity contribution in [1.82, 2.24) is 0 Å². The monoisotopic (exact) mass is 270 g/mol. The smallest absolute Gasteiger partial charge is 0.323 e. The molecule has 4 nitrogen and oxygen atoms in total. The first-order chi connectivity index (χ1) is 9.60.